The molecule has 0 aliphatic rings. The molecule has 27 heavy (non-hydrogen) atoms. The van der Waals surface area contributed by atoms with Crippen LogP contribution in [0.5, 0.6) is 0 Å². The summed E-state index contributed by atoms with van der Waals surface area (Å²) in [7, 11) is 1.93. The van der Waals surface area contributed by atoms with E-state index in [0.29, 0.717) is 17.1 Å². The first kappa shape index (κ1) is 18.0. The minimum Gasteiger partial charge on any atom is -0.358 e. The van der Waals surface area contributed by atoms with E-state index in [1.165, 1.54) is 5.56 Å². The summed E-state index contributed by atoms with van der Waals surface area (Å²) in [5, 5.41) is 19.7. The third kappa shape index (κ3) is 4.86. The molecule has 0 atom stereocenters. The molecule has 0 aliphatic carbocycles. The van der Waals surface area contributed by atoms with Gasteiger partial charge < -0.3 is 10.2 Å². The lowest BCUT2D eigenvalue weighted by molar-refractivity contribution is 0.102. The molecule has 0 radical (unpaired) electrons. The van der Waals surface area contributed by atoms with Gasteiger partial charge in [-0.1, -0.05) is 0 Å². The lowest BCUT2D eigenvalue weighted by Gasteiger charge is -2.17. The Hall–Kier alpha value is -3.79. The zero-order valence-corrected chi connectivity index (χ0v) is 14.8. The Morgan fingerprint density at radius 3 is 2.44 bits per heavy atom. The van der Waals surface area contributed by atoms with E-state index < -0.39 is 0 Å². The minimum atomic E-state index is -0.349. The topological polar surface area (TPSA) is 94.8 Å². The number of aromatic nitrogens is 3. The molecule has 7 nitrogen and oxygen atoms in total. The maximum Gasteiger partial charge on any atom is 0.276 e. The Morgan fingerprint density at radius 2 is 1.81 bits per heavy atom. The van der Waals surface area contributed by atoms with Gasteiger partial charge in [0.2, 0.25) is 0 Å². The van der Waals surface area contributed by atoms with Crippen LogP contribution in [0.4, 0.5) is 11.5 Å². The molecule has 2 heterocycles. The maximum atomic E-state index is 12.3. The number of benzene rings is 1. The Bertz CT molecular complexity index is 933. The van der Waals surface area contributed by atoms with Gasteiger partial charge in [0, 0.05) is 31.7 Å². The van der Waals surface area contributed by atoms with Gasteiger partial charge in [-0.25, -0.2) is 0 Å². The van der Waals surface area contributed by atoms with Gasteiger partial charge in [0.05, 0.1) is 11.6 Å². The second-order valence-corrected chi connectivity index (χ2v) is 5.95. The Labute approximate surface area is 157 Å². The van der Waals surface area contributed by atoms with Gasteiger partial charge in [-0.05, 0) is 60.5 Å². The van der Waals surface area contributed by atoms with Crippen LogP contribution in [-0.4, -0.2) is 34.7 Å². The van der Waals surface area contributed by atoms with Gasteiger partial charge in [-0.2, -0.15) is 5.26 Å². The normalized spacial score (nSPS) is 10.1. The largest absolute Gasteiger partial charge is 0.358 e. The van der Waals surface area contributed by atoms with Crippen LogP contribution in [0.1, 0.15) is 21.6 Å². The zero-order chi connectivity index (χ0) is 19.1. The molecule has 0 unspecified atom stereocenters. The molecule has 0 saturated carbocycles. The van der Waals surface area contributed by atoms with Crippen molar-refractivity contribution in [2.45, 2.75) is 6.42 Å². The SMILES string of the molecule is CN(CCc1ccncc1)c1ccc(C(=O)Nc2ccc(C#N)cc2)nn1. The molecule has 0 bridgehead atoms. The second-order valence-electron chi connectivity index (χ2n) is 5.95. The van der Waals surface area contributed by atoms with Crippen LogP contribution in [0.25, 0.3) is 0 Å². The maximum absolute atomic E-state index is 12.3. The van der Waals surface area contributed by atoms with Crippen molar-refractivity contribution in [3.63, 3.8) is 0 Å². The Morgan fingerprint density at radius 1 is 1.07 bits per heavy atom. The van der Waals surface area contributed by atoms with Gasteiger partial charge >= 0.3 is 0 Å². The van der Waals surface area contributed by atoms with Gasteiger partial charge in [-0.3, -0.25) is 9.78 Å². The Kier molecular flexibility index (Phi) is 5.70. The van der Waals surface area contributed by atoms with Crippen LogP contribution >= 0.6 is 0 Å². The first-order chi connectivity index (χ1) is 13.2. The van der Waals surface area contributed by atoms with Crippen molar-refractivity contribution >= 4 is 17.4 Å². The van der Waals surface area contributed by atoms with E-state index in [4.69, 9.17) is 5.26 Å². The fourth-order valence-corrected chi connectivity index (χ4v) is 2.43. The molecule has 0 aliphatic heterocycles. The number of nitriles is 1. The molecule has 0 fully saturated rings. The van der Waals surface area contributed by atoms with E-state index in [9.17, 15) is 4.79 Å². The van der Waals surface area contributed by atoms with Crippen LogP contribution in [0.15, 0.2) is 60.9 Å². The lowest BCUT2D eigenvalue weighted by atomic mass is 10.2. The second kappa shape index (κ2) is 8.54. The van der Waals surface area contributed by atoms with E-state index in [0.717, 1.165) is 13.0 Å². The minimum absolute atomic E-state index is 0.227. The van der Waals surface area contributed by atoms with Crippen LogP contribution < -0.4 is 10.2 Å². The summed E-state index contributed by atoms with van der Waals surface area (Å²) in [6.07, 6.45) is 4.41. The number of pyridine rings is 1. The molecular weight excluding hydrogens is 340 g/mol. The monoisotopic (exact) mass is 358 g/mol. The number of carbonyl (C=O) groups excluding carboxylic acids is 1. The van der Waals surface area contributed by atoms with Crippen molar-refractivity contribution in [3.05, 3.63) is 77.7 Å². The average molecular weight is 358 g/mol. The number of hydrogen-bond acceptors (Lipinski definition) is 6. The number of amides is 1. The van der Waals surface area contributed by atoms with Crippen LogP contribution in [-0.2, 0) is 6.42 Å². The van der Waals surface area contributed by atoms with E-state index in [1.807, 2.05) is 30.1 Å². The van der Waals surface area contributed by atoms with Gasteiger partial charge in [-0.15, -0.1) is 10.2 Å². The highest BCUT2D eigenvalue weighted by atomic mass is 16.1. The Balaban J connectivity index is 1.58. The number of hydrogen-bond donors (Lipinski definition) is 1. The standard InChI is InChI=1S/C20H18N6O/c1-26(13-10-15-8-11-22-12-9-15)19-7-6-18(24-25-19)20(27)23-17-4-2-16(14-21)3-5-17/h2-9,11-12H,10,13H2,1H3,(H,23,27). The molecule has 2 aromatic heterocycles. The predicted molar refractivity (Wildman–Crippen MR) is 102 cm³/mol. The summed E-state index contributed by atoms with van der Waals surface area (Å²) in [6.45, 7) is 0.773. The number of likely N-dealkylation sites (N-methyl/N-ethyl adjacent to an activating group) is 1. The molecule has 3 rings (SSSR count). The molecular formula is C20H18N6O. The number of carbonyl (C=O) groups is 1. The van der Waals surface area contributed by atoms with E-state index in [-0.39, 0.29) is 11.6 Å². The van der Waals surface area contributed by atoms with Crippen molar-refractivity contribution in [1.82, 2.24) is 15.2 Å². The van der Waals surface area contributed by atoms with Crippen molar-refractivity contribution in [2.24, 2.45) is 0 Å². The first-order valence-corrected chi connectivity index (χ1v) is 8.41. The fraction of sp³-hybridized carbons (Fsp3) is 0.150. The molecule has 0 saturated heterocycles. The third-order valence-electron chi connectivity index (χ3n) is 4.03. The van der Waals surface area contributed by atoms with Gasteiger partial charge in [0.1, 0.15) is 0 Å². The van der Waals surface area contributed by atoms with Gasteiger partial charge in [0.25, 0.3) is 5.91 Å². The number of nitrogens with zero attached hydrogens (tertiary/aromatic N) is 5. The molecule has 1 aromatic carbocycles. The highest BCUT2D eigenvalue weighted by molar-refractivity contribution is 6.02. The van der Waals surface area contributed by atoms with Crippen LogP contribution in [0.2, 0.25) is 0 Å². The van der Waals surface area contributed by atoms with E-state index in [1.54, 1.807) is 48.8 Å². The third-order valence-corrected chi connectivity index (χ3v) is 4.03. The highest BCUT2D eigenvalue weighted by Gasteiger charge is 2.10. The van der Waals surface area contributed by atoms with Crippen molar-refractivity contribution in [3.8, 4) is 6.07 Å². The predicted octanol–water partition coefficient (Wildman–Crippen LogP) is 2.67. The molecule has 7 heteroatoms. The van der Waals surface area contributed by atoms with Gasteiger partial charge in [0.15, 0.2) is 11.5 Å². The molecule has 1 N–H and O–H groups in total. The van der Waals surface area contributed by atoms with E-state index in [2.05, 4.69) is 20.5 Å². The van der Waals surface area contributed by atoms with Crippen LogP contribution in [0.3, 0.4) is 0 Å². The summed E-state index contributed by atoms with van der Waals surface area (Å²) in [6, 6.07) is 16.0. The van der Waals surface area contributed by atoms with Crippen molar-refractivity contribution in [2.75, 3.05) is 23.8 Å². The first-order valence-electron chi connectivity index (χ1n) is 8.41. The highest BCUT2D eigenvalue weighted by Crippen LogP contribution is 2.12. The summed E-state index contributed by atoms with van der Waals surface area (Å²) in [5.41, 5.74) is 2.56. The van der Waals surface area contributed by atoms with Crippen molar-refractivity contribution in [1.29, 1.82) is 5.26 Å². The summed E-state index contributed by atoms with van der Waals surface area (Å²) in [4.78, 5) is 18.3. The number of nitrogens with one attached hydrogen (secondary N) is 1. The quantitative estimate of drug-likeness (QED) is 0.728. The lowest BCUT2D eigenvalue weighted by Crippen LogP contribution is -2.22. The summed E-state index contributed by atoms with van der Waals surface area (Å²) >= 11 is 0. The smallest absolute Gasteiger partial charge is 0.276 e. The summed E-state index contributed by atoms with van der Waals surface area (Å²) in [5.74, 6) is 0.345. The molecule has 1 amide bonds. The number of rotatable bonds is 6. The summed E-state index contributed by atoms with van der Waals surface area (Å²) < 4.78 is 0. The molecule has 0 spiro atoms. The molecule has 134 valence electrons. The van der Waals surface area contributed by atoms with Crippen molar-refractivity contribution < 1.29 is 4.79 Å². The average Bonchev–Trinajstić information content (AvgIpc) is 2.73. The zero-order valence-electron chi connectivity index (χ0n) is 14.8. The van der Waals surface area contributed by atoms with Crippen LogP contribution in [0, 0.1) is 11.3 Å². The van der Waals surface area contributed by atoms with E-state index >= 15 is 0 Å². The number of anilines is 2. The molecule has 3 aromatic rings. The fourth-order valence-electron chi connectivity index (χ4n) is 2.43.